The molecule has 1 heterocycles. The molecular weight excluding hydrogens is 316 g/mol. The van der Waals surface area contributed by atoms with Crippen LogP contribution >= 0.6 is 0 Å². The van der Waals surface area contributed by atoms with Crippen LogP contribution < -0.4 is 11.3 Å². The van der Waals surface area contributed by atoms with Crippen LogP contribution in [0, 0.1) is 0 Å². The lowest BCUT2D eigenvalue weighted by Gasteiger charge is -2.33. The van der Waals surface area contributed by atoms with E-state index in [1.54, 1.807) is 18.2 Å². The van der Waals surface area contributed by atoms with E-state index in [1.807, 2.05) is 24.3 Å². The fourth-order valence-electron chi connectivity index (χ4n) is 2.70. The average molecular weight is 334 g/mol. The van der Waals surface area contributed by atoms with Crippen molar-refractivity contribution in [1.82, 2.24) is 14.6 Å². The summed E-state index contributed by atoms with van der Waals surface area (Å²) in [5.41, 5.74) is 2.06. The van der Waals surface area contributed by atoms with Crippen LogP contribution in [0.2, 0.25) is 0 Å². The Labute approximate surface area is 134 Å². The van der Waals surface area contributed by atoms with E-state index in [9.17, 15) is 13.2 Å². The smallest absolute Gasteiger partial charge is 0.321 e. The fraction of sp³-hybridized carbons (Fsp3) is 0.267. The minimum atomic E-state index is -3.57. The van der Waals surface area contributed by atoms with Crippen LogP contribution in [0.1, 0.15) is 0 Å². The molecule has 2 aromatic carbocycles. The van der Waals surface area contributed by atoms with Crippen molar-refractivity contribution in [2.24, 2.45) is 5.84 Å². The van der Waals surface area contributed by atoms with Crippen LogP contribution in [0.4, 0.5) is 4.79 Å². The molecule has 1 fully saturated rings. The van der Waals surface area contributed by atoms with Gasteiger partial charge in [0.2, 0.25) is 10.0 Å². The van der Waals surface area contributed by atoms with Gasteiger partial charge in [-0.3, -0.25) is 5.43 Å². The average Bonchev–Trinajstić information content (AvgIpc) is 2.60. The van der Waals surface area contributed by atoms with Crippen LogP contribution in [-0.2, 0) is 10.0 Å². The number of rotatable bonds is 2. The summed E-state index contributed by atoms with van der Waals surface area (Å²) < 4.78 is 26.9. The normalized spacial score (nSPS) is 16.5. The Morgan fingerprint density at radius 3 is 2.30 bits per heavy atom. The highest BCUT2D eigenvalue weighted by atomic mass is 32.2. The topological polar surface area (TPSA) is 95.7 Å². The maximum absolute atomic E-state index is 12.8. The molecular formula is C15H18N4O3S. The van der Waals surface area contributed by atoms with Crippen LogP contribution in [0.3, 0.4) is 0 Å². The quantitative estimate of drug-likeness (QED) is 0.481. The molecule has 1 aliphatic heterocycles. The summed E-state index contributed by atoms with van der Waals surface area (Å²) in [5, 5.41) is 1.88. The van der Waals surface area contributed by atoms with Gasteiger partial charge in [0.25, 0.3) is 0 Å². The number of hydrogen-bond donors (Lipinski definition) is 2. The lowest BCUT2D eigenvalue weighted by atomic mass is 10.1. The standard InChI is InChI=1S/C15H18N4O3S/c16-17-15(20)18-7-9-19(10-8-18)23(21,22)14-6-5-12-3-1-2-4-13(12)11-14/h1-6,11H,7-10,16H2,(H,17,20). The third-order valence-electron chi connectivity index (χ3n) is 4.01. The number of carbonyl (C=O) groups excluding carboxylic acids is 1. The van der Waals surface area contributed by atoms with Gasteiger partial charge in [-0.2, -0.15) is 4.31 Å². The van der Waals surface area contributed by atoms with Crippen LogP contribution in [0.5, 0.6) is 0 Å². The number of amides is 2. The van der Waals surface area contributed by atoms with Crippen molar-refractivity contribution in [3.8, 4) is 0 Å². The molecule has 0 radical (unpaired) electrons. The first-order valence-corrected chi connectivity index (χ1v) is 8.71. The molecule has 0 bridgehead atoms. The Kier molecular flexibility index (Phi) is 4.20. The summed E-state index contributed by atoms with van der Waals surface area (Å²) in [6, 6.07) is 12.3. The van der Waals surface area contributed by atoms with Crippen LogP contribution in [0.15, 0.2) is 47.4 Å². The number of nitrogens with zero attached hydrogens (tertiary/aromatic N) is 2. The van der Waals surface area contributed by atoms with E-state index in [-0.39, 0.29) is 18.0 Å². The van der Waals surface area contributed by atoms with Gasteiger partial charge in [0.15, 0.2) is 0 Å². The van der Waals surface area contributed by atoms with E-state index in [2.05, 4.69) is 5.43 Å². The predicted octanol–water partition coefficient (Wildman–Crippen LogP) is 0.729. The molecule has 0 unspecified atom stereocenters. The Bertz CT molecular complexity index is 829. The van der Waals surface area contributed by atoms with Gasteiger partial charge >= 0.3 is 6.03 Å². The van der Waals surface area contributed by atoms with Crippen molar-refractivity contribution in [3.63, 3.8) is 0 Å². The Hall–Kier alpha value is -2.16. The predicted molar refractivity (Wildman–Crippen MR) is 87.0 cm³/mol. The zero-order valence-corrected chi connectivity index (χ0v) is 13.3. The molecule has 0 saturated carbocycles. The van der Waals surface area contributed by atoms with E-state index < -0.39 is 16.1 Å². The van der Waals surface area contributed by atoms with Gasteiger partial charge in [0, 0.05) is 26.2 Å². The van der Waals surface area contributed by atoms with Crippen molar-refractivity contribution >= 4 is 26.8 Å². The number of fused-ring (bicyclic) bond motifs is 1. The number of piperazine rings is 1. The number of sulfonamides is 1. The summed E-state index contributed by atoms with van der Waals surface area (Å²) >= 11 is 0. The maximum atomic E-state index is 12.8. The Morgan fingerprint density at radius 1 is 1.00 bits per heavy atom. The fourth-order valence-corrected chi connectivity index (χ4v) is 4.16. The van der Waals surface area contributed by atoms with E-state index in [1.165, 1.54) is 9.21 Å². The van der Waals surface area contributed by atoms with E-state index in [0.29, 0.717) is 13.1 Å². The highest BCUT2D eigenvalue weighted by molar-refractivity contribution is 7.89. The molecule has 1 aliphatic rings. The van der Waals surface area contributed by atoms with Crippen molar-refractivity contribution in [2.45, 2.75) is 4.90 Å². The largest absolute Gasteiger partial charge is 0.331 e. The number of nitrogens with one attached hydrogen (secondary N) is 1. The lowest BCUT2D eigenvalue weighted by Crippen LogP contribution is -2.54. The first-order chi connectivity index (χ1) is 11.0. The van der Waals surface area contributed by atoms with Crippen molar-refractivity contribution in [1.29, 1.82) is 0 Å². The second-order valence-electron chi connectivity index (χ2n) is 5.35. The molecule has 0 aliphatic carbocycles. The van der Waals surface area contributed by atoms with Gasteiger partial charge in [-0.1, -0.05) is 30.3 Å². The molecule has 2 aromatic rings. The molecule has 7 nitrogen and oxygen atoms in total. The summed E-state index contributed by atoms with van der Waals surface area (Å²) in [6.45, 7) is 1.14. The highest BCUT2D eigenvalue weighted by Crippen LogP contribution is 2.22. The molecule has 122 valence electrons. The molecule has 0 spiro atoms. The van der Waals surface area contributed by atoms with Crippen molar-refractivity contribution in [2.75, 3.05) is 26.2 Å². The van der Waals surface area contributed by atoms with Crippen LogP contribution in [-0.4, -0.2) is 49.8 Å². The van der Waals surface area contributed by atoms with E-state index >= 15 is 0 Å². The molecule has 0 aromatic heterocycles. The van der Waals surface area contributed by atoms with Gasteiger partial charge in [-0.25, -0.2) is 19.1 Å². The van der Waals surface area contributed by atoms with Gasteiger partial charge in [0.05, 0.1) is 4.90 Å². The molecule has 3 rings (SSSR count). The SMILES string of the molecule is NNC(=O)N1CCN(S(=O)(=O)c2ccc3ccccc3c2)CC1. The second-order valence-corrected chi connectivity index (χ2v) is 7.29. The molecule has 2 amide bonds. The number of hydrogen-bond acceptors (Lipinski definition) is 4. The lowest BCUT2D eigenvalue weighted by molar-refractivity contribution is 0.172. The minimum Gasteiger partial charge on any atom is -0.321 e. The number of benzene rings is 2. The molecule has 3 N–H and O–H groups in total. The third-order valence-corrected chi connectivity index (χ3v) is 5.90. The zero-order valence-electron chi connectivity index (χ0n) is 12.5. The van der Waals surface area contributed by atoms with Crippen LogP contribution in [0.25, 0.3) is 10.8 Å². The van der Waals surface area contributed by atoms with Crippen molar-refractivity contribution < 1.29 is 13.2 Å². The first-order valence-electron chi connectivity index (χ1n) is 7.27. The number of carbonyl (C=O) groups is 1. The minimum absolute atomic E-state index is 0.253. The molecule has 1 saturated heterocycles. The highest BCUT2D eigenvalue weighted by Gasteiger charge is 2.29. The van der Waals surface area contributed by atoms with Crippen molar-refractivity contribution in [3.05, 3.63) is 42.5 Å². The zero-order chi connectivity index (χ0) is 16.4. The van der Waals surface area contributed by atoms with Gasteiger partial charge in [0.1, 0.15) is 0 Å². The van der Waals surface area contributed by atoms with Gasteiger partial charge in [-0.05, 0) is 22.9 Å². The van der Waals surface area contributed by atoms with Gasteiger partial charge < -0.3 is 4.90 Å². The monoisotopic (exact) mass is 334 g/mol. The Morgan fingerprint density at radius 2 is 1.65 bits per heavy atom. The van der Waals surface area contributed by atoms with Gasteiger partial charge in [-0.15, -0.1) is 0 Å². The Balaban J connectivity index is 1.82. The summed E-state index contributed by atoms with van der Waals surface area (Å²) in [7, 11) is -3.57. The number of hydrazine groups is 1. The summed E-state index contributed by atoms with van der Waals surface area (Å²) in [6.07, 6.45) is 0. The molecule has 0 atom stereocenters. The summed E-state index contributed by atoms with van der Waals surface area (Å²) in [4.78, 5) is 13.2. The maximum Gasteiger partial charge on any atom is 0.331 e. The molecule has 8 heteroatoms. The molecule has 23 heavy (non-hydrogen) atoms. The third kappa shape index (κ3) is 3.00. The number of nitrogens with two attached hydrogens (primary N) is 1. The number of urea groups is 1. The summed E-state index contributed by atoms with van der Waals surface area (Å²) in [5.74, 6) is 5.09. The second kappa shape index (κ2) is 6.15. The van der Waals surface area contributed by atoms with E-state index in [0.717, 1.165) is 10.8 Å². The first kappa shape index (κ1) is 15.7. The van der Waals surface area contributed by atoms with E-state index in [4.69, 9.17) is 5.84 Å².